The number of hydrogen-bond acceptors (Lipinski definition) is 4. The van der Waals surface area contributed by atoms with E-state index in [4.69, 9.17) is 0 Å². The molecule has 0 aliphatic heterocycles. The number of alkyl halides is 3. The Balaban J connectivity index is 3.40. The summed E-state index contributed by atoms with van der Waals surface area (Å²) in [6.45, 7) is 5.16. The van der Waals surface area contributed by atoms with Gasteiger partial charge in [-0.05, 0) is 24.0 Å². The van der Waals surface area contributed by atoms with Crippen molar-refractivity contribution in [1.82, 2.24) is 4.72 Å². The molecule has 0 aromatic heterocycles. The number of nitrogens with zero attached hydrogens (tertiary/aromatic N) is 1. The van der Waals surface area contributed by atoms with Crippen LogP contribution in [0.1, 0.15) is 26.3 Å². The third-order valence-electron chi connectivity index (χ3n) is 3.07. The molecular formula is C13H17F3N2O4S. The maximum atomic E-state index is 13.1. The van der Waals surface area contributed by atoms with Gasteiger partial charge in [0.2, 0.25) is 10.0 Å². The molecule has 23 heavy (non-hydrogen) atoms. The average Bonchev–Trinajstić information content (AvgIpc) is 2.33. The molecule has 1 aromatic rings. The average molecular weight is 354 g/mol. The van der Waals surface area contributed by atoms with E-state index in [1.165, 1.54) is 33.8 Å². The summed E-state index contributed by atoms with van der Waals surface area (Å²) >= 11 is 0. The van der Waals surface area contributed by atoms with Crippen LogP contribution in [0.2, 0.25) is 0 Å². The molecular weight excluding hydrogens is 337 g/mol. The van der Waals surface area contributed by atoms with Crippen LogP contribution in [0, 0.1) is 22.5 Å². The SMILES string of the molecule is Cc1ccc(S(=O)(=O)N[C@@H](C(C)(C)C)C(F)(F)F)c([N+](=O)[O-])c1. The largest absolute Gasteiger partial charge is 0.405 e. The molecule has 0 amide bonds. The van der Waals surface area contributed by atoms with Crippen molar-refractivity contribution >= 4 is 15.7 Å². The van der Waals surface area contributed by atoms with Gasteiger partial charge in [-0.2, -0.15) is 17.9 Å². The van der Waals surface area contributed by atoms with Crippen LogP contribution in [0.15, 0.2) is 23.1 Å². The maximum Gasteiger partial charge on any atom is 0.405 e. The number of nitrogens with one attached hydrogen (secondary N) is 1. The van der Waals surface area contributed by atoms with Crippen molar-refractivity contribution in [2.24, 2.45) is 5.41 Å². The lowest BCUT2D eigenvalue weighted by molar-refractivity contribution is -0.387. The predicted octanol–water partition coefficient (Wildman–Crippen LogP) is 3.16. The maximum absolute atomic E-state index is 13.1. The summed E-state index contributed by atoms with van der Waals surface area (Å²) in [7, 11) is -4.73. The second-order valence-corrected chi connectivity index (χ2v) is 7.87. The number of benzene rings is 1. The van der Waals surface area contributed by atoms with E-state index in [1.807, 2.05) is 0 Å². The normalized spacial score (nSPS) is 14.6. The van der Waals surface area contributed by atoms with Crippen LogP contribution >= 0.6 is 0 Å². The van der Waals surface area contributed by atoms with Gasteiger partial charge in [-0.25, -0.2) is 8.42 Å². The van der Waals surface area contributed by atoms with Gasteiger partial charge in [0.25, 0.3) is 5.69 Å². The summed E-state index contributed by atoms with van der Waals surface area (Å²) in [6, 6.07) is 0.808. The Bertz CT molecular complexity index is 695. The van der Waals surface area contributed by atoms with Gasteiger partial charge in [0.15, 0.2) is 4.90 Å². The van der Waals surface area contributed by atoms with Gasteiger partial charge in [0.1, 0.15) is 6.04 Å². The van der Waals surface area contributed by atoms with Crippen LogP contribution in [-0.4, -0.2) is 25.6 Å². The monoisotopic (exact) mass is 354 g/mol. The molecule has 0 bridgehead atoms. The third-order valence-corrected chi connectivity index (χ3v) is 4.54. The molecule has 1 rings (SSSR count). The Morgan fingerprint density at radius 3 is 2.13 bits per heavy atom. The van der Waals surface area contributed by atoms with Crippen molar-refractivity contribution in [3.63, 3.8) is 0 Å². The molecule has 0 heterocycles. The Kier molecular flexibility index (Phi) is 5.12. The summed E-state index contributed by atoms with van der Waals surface area (Å²) in [5.74, 6) is 0. The topological polar surface area (TPSA) is 89.3 Å². The molecule has 1 aromatic carbocycles. The molecule has 0 saturated heterocycles. The van der Waals surface area contributed by atoms with E-state index >= 15 is 0 Å². The van der Waals surface area contributed by atoms with Gasteiger partial charge in [-0.15, -0.1) is 0 Å². The van der Waals surface area contributed by atoms with E-state index in [2.05, 4.69) is 0 Å². The highest BCUT2D eigenvalue weighted by molar-refractivity contribution is 7.89. The van der Waals surface area contributed by atoms with Crippen molar-refractivity contribution in [3.8, 4) is 0 Å². The fraction of sp³-hybridized carbons (Fsp3) is 0.538. The minimum absolute atomic E-state index is 0.416. The minimum Gasteiger partial charge on any atom is -0.258 e. The first-order valence-electron chi connectivity index (χ1n) is 6.50. The van der Waals surface area contributed by atoms with Crippen molar-refractivity contribution < 1.29 is 26.5 Å². The predicted molar refractivity (Wildman–Crippen MR) is 77.5 cm³/mol. The van der Waals surface area contributed by atoms with Crippen molar-refractivity contribution in [2.75, 3.05) is 0 Å². The van der Waals surface area contributed by atoms with Gasteiger partial charge in [-0.1, -0.05) is 26.8 Å². The zero-order valence-corrected chi connectivity index (χ0v) is 13.7. The molecule has 10 heteroatoms. The minimum atomic E-state index is -4.84. The van der Waals surface area contributed by atoms with Crippen LogP contribution in [0.4, 0.5) is 18.9 Å². The van der Waals surface area contributed by atoms with Gasteiger partial charge in [0, 0.05) is 6.07 Å². The summed E-state index contributed by atoms with van der Waals surface area (Å²) in [6.07, 6.45) is -4.84. The molecule has 1 atom stereocenters. The summed E-state index contributed by atoms with van der Waals surface area (Å²) in [5.41, 5.74) is -1.82. The van der Waals surface area contributed by atoms with Gasteiger partial charge < -0.3 is 0 Å². The third kappa shape index (κ3) is 4.64. The van der Waals surface area contributed by atoms with Crippen LogP contribution in [0.25, 0.3) is 0 Å². The lowest BCUT2D eigenvalue weighted by Crippen LogP contribution is -2.52. The van der Waals surface area contributed by atoms with E-state index in [-0.39, 0.29) is 0 Å². The summed E-state index contributed by atoms with van der Waals surface area (Å²) in [5, 5.41) is 11.0. The number of hydrogen-bond donors (Lipinski definition) is 1. The molecule has 0 aliphatic rings. The van der Waals surface area contributed by atoms with Gasteiger partial charge >= 0.3 is 6.18 Å². The van der Waals surface area contributed by atoms with Gasteiger partial charge in [0.05, 0.1) is 4.92 Å². The van der Waals surface area contributed by atoms with E-state index in [0.29, 0.717) is 5.56 Å². The highest BCUT2D eigenvalue weighted by atomic mass is 32.2. The molecule has 0 unspecified atom stereocenters. The second-order valence-electron chi connectivity index (χ2n) is 6.19. The molecule has 0 aliphatic carbocycles. The first-order chi connectivity index (χ1) is 10.2. The Labute approximate surface area is 131 Å². The fourth-order valence-corrected chi connectivity index (χ4v) is 3.53. The van der Waals surface area contributed by atoms with E-state index < -0.39 is 43.2 Å². The van der Waals surface area contributed by atoms with Crippen molar-refractivity contribution in [1.29, 1.82) is 0 Å². The molecule has 130 valence electrons. The van der Waals surface area contributed by atoms with Gasteiger partial charge in [-0.3, -0.25) is 10.1 Å². The van der Waals surface area contributed by atoms with E-state index in [0.717, 1.165) is 12.1 Å². The number of halogens is 3. The fourth-order valence-electron chi connectivity index (χ4n) is 1.95. The lowest BCUT2D eigenvalue weighted by Gasteiger charge is -2.32. The van der Waals surface area contributed by atoms with Crippen LogP contribution in [0.5, 0.6) is 0 Å². The highest BCUT2D eigenvalue weighted by Gasteiger charge is 2.49. The summed E-state index contributed by atoms with van der Waals surface area (Å²) in [4.78, 5) is 9.25. The Morgan fingerprint density at radius 1 is 1.22 bits per heavy atom. The molecule has 0 fully saturated rings. The quantitative estimate of drug-likeness (QED) is 0.664. The first kappa shape index (κ1) is 19.4. The van der Waals surface area contributed by atoms with Crippen LogP contribution in [0.3, 0.4) is 0 Å². The number of sulfonamides is 1. The standard InChI is InChI=1S/C13H17F3N2O4S/c1-8-5-6-10(9(7-8)18(19)20)23(21,22)17-11(12(2,3)4)13(14,15)16/h5-7,11,17H,1-4H3/t11-/m0/s1. The van der Waals surface area contributed by atoms with Crippen LogP contribution < -0.4 is 4.72 Å². The van der Waals surface area contributed by atoms with E-state index in [1.54, 1.807) is 4.72 Å². The zero-order valence-electron chi connectivity index (χ0n) is 12.9. The van der Waals surface area contributed by atoms with Crippen molar-refractivity contribution in [2.45, 2.75) is 44.8 Å². The molecule has 6 nitrogen and oxygen atoms in total. The Morgan fingerprint density at radius 2 is 1.74 bits per heavy atom. The number of aryl methyl sites for hydroxylation is 1. The van der Waals surface area contributed by atoms with Crippen LogP contribution in [-0.2, 0) is 10.0 Å². The van der Waals surface area contributed by atoms with Crippen molar-refractivity contribution in [3.05, 3.63) is 33.9 Å². The van der Waals surface area contributed by atoms with E-state index in [9.17, 15) is 31.7 Å². The first-order valence-corrected chi connectivity index (χ1v) is 7.98. The zero-order chi connectivity index (χ0) is 18.2. The number of nitro benzene ring substituents is 1. The number of nitro groups is 1. The molecule has 0 saturated carbocycles. The second kappa shape index (κ2) is 6.08. The lowest BCUT2D eigenvalue weighted by atomic mass is 9.87. The number of rotatable bonds is 4. The molecule has 0 radical (unpaired) electrons. The smallest absolute Gasteiger partial charge is 0.258 e. The molecule has 1 N–H and O–H groups in total. The Hall–Kier alpha value is -1.68. The molecule has 0 spiro atoms. The summed E-state index contributed by atoms with van der Waals surface area (Å²) < 4.78 is 65.4. The highest BCUT2D eigenvalue weighted by Crippen LogP contribution is 2.35.